The van der Waals surface area contributed by atoms with E-state index in [4.69, 9.17) is 0 Å². The highest BCUT2D eigenvalue weighted by molar-refractivity contribution is 5.74. The zero-order valence-electron chi connectivity index (χ0n) is 13.1. The number of alkyl halides is 3. The SMILES string of the molecule is CNC(=O)N(Cc1ccc(-c2noc(C(F)(F)F)n2)cc1F)C1CC1. The fourth-order valence-electron chi connectivity index (χ4n) is 2.35. The molecule has 3 rings (SSSR count). The molecule has 0 aliphatic heterocycles. The van der Waals surface area contributed by atoms with Crippen LogP contribution in [0.5, 0.6) is 0 Å². The van der Waals surface area contributed by atoms with E-state index in [0.29, 0.717) is 0 Å². The molecule has 134 valence electrons. The van der Waals surface area contributed by atoms with Crippen LogP contribution in [-0.2, 0) is 12.7 Å². The van der Waals surface area contributed by atoms with Gasteiger partial charge < -0.3 is 14.7 Å². The summed E-state index contributed by atoms with van der Waals surface area (Å²) in [6.45, 7) is 0.0660. The summed E-state index contributed by atoms with van der Waals surface area (Å²) in [7, 11) is 1.49. The molecule has 1 aliphatic rings. The predicted molar refractivity (Wildman–Crippen MR) is 77.7 cm³/mol. The van der Waals surface area contributed by atoms with Crippen molar-refractivity contribution in [3.8, 4) is 11.4 Å². The monoisotopic (exact) mass is 358 g/mol. The third kappa shape index (κ3) is 3.72. The van der Waals surface area contributed by atoms with Gasteiger partial charge in [0.25, 0.3) is 0 Å². The van der Waals surface area contributed by atoms with E-state index in [1.165, 1.54) is 24.1 Å². The number of hydrogen-bond acceptors (Lipinski definition) is 4. The van der Waals surface area contributed by atoms with Gasteiger partial charge in [0.05, 0.1) is 6.54 Å². The van der Waals surface area contributed by atoms with Gasteiger partial charge in [-0.1, -0.05) is 17.3 Å². The molecule has 0 saturated heterocycles. The number of nitrogens with one attached hydrogen (secondary N) is 1. The van der Waals surface area contributed by atoms with E-state index in [1.54, 1.807) is 0 Å². The number of halogens is 4. The average Bonchev–Trinajstić information content (AvgIpc) is 3.26. The maximum Gasteiger partial charge on any atom is 0.471 e. The molecule has 6 nitrogen and oxygen atoms in total. The molecular weight excluding hydrogens is 344 g/mol. The first-order valence-electron chi connectivity index (χ1n) is 7.47. The summed E-state index contributed by atoms with van der Waals surface area (Å²) in [5.41, 5.74) is 0.303. The molecule has 0 atom stereocenters. The maximum absolute atomic E-state index is 14.3. The zero-order valence-corrected chi connectivity index (χ0v) is 13.1. The molecule has 0 bridgehead atoms. The van der Waals surface area contributed by atoms with Crippen LogP contribution in [0.15, 0.2) is 22.7 Å². The lowest BCUT2D eigenvalue weighted by Gasteiger charge is -2.22. The van der Waals surface area contributed by atoms with Crippen LogP contribution in [0.4, 0.5) is 22.4 Å². The fourth-order valence-corrected chi connectivity index (χ4v) is 2.35. The molecule has 1 saturated carbocycles. The molecule has 1 aliphatic carbocycles. The Morgan fingerprint density at radius 3 is 2.64 bits per heavy atom. The van der Waals surface area contributed by atoms with Crippen LogP contribution in [-0.4, -0.2) is 34.2 Å². The van der Waals surface area contributed by atoms with Crippen LogP contribution in [0, 0.1) is 5.82 Å². The van der Waals surface area contributed by atoms with Gasteiger partial charge in [0.15, 0.2) is 0 Å². The Balaban J connectivity index is 1.81. The summed E-state index contributed by atoms with van der Waals surface area (Å²) in [5.74, 6) is -2.51. The second-order valence-electron chi connectivity index (χ2n) is 5.64. The summed E-state index contributed by atoms with van der Waals surface area (Å²) in [6.07, 6.45) is -3.05. The van der Waals surface area contributed by atoms with Crippen molar-refractivity contribution in [1.82, 2.24) is 20.4 Å². The third-order valence-electron chi connectivity index (χ3n) is 3.78. The first kappa shape index (κ1) is 17.2. The van der Waals surface area contributed by atoms with Gasteiger partial charge in [0.2, 0.25) is 5.82 Å². The summed E-state index contributed by atoms with van der Waals surface area (Å²) in [6, 6.07) is 3.57. The minimum atomic E-state index is -4.76. The standard InChI is InChI=1S/C15H14F4N4O2/c1-20-14(24)23(10-4-5-10)7-9-3-2-8(6-11(9)16)12-21-13(25-22-12)15(17,18)19/h2-3,6,10H,4-5,7H2,1H3,(H,20,24). The molecule has 0 unspecified atom stereocenters. The van der Waals surface area contributed by atoms with E-state index < -0.39 is 17.9 Å². The van der Waals surface area contributed by atoms with Gasteiger partial charge in [0, 0.05) is 24.2 Å². The van der Waals surface area contributed by atoms with Crippen molar-refractivity contribution in [1.29, 1.82) is 0 Å². The number of hydrogen-bond donors (Lipinski definition) is 1. The lowest BCUT2D eigenvalue weighted by atomic mass is 10.1. The summed E-state index contributed by atoms with van der Waals surface area (Å²) >= 11 is 0. The Hall–Kier alpha value is -2.65. The molecule has 2 aromatic rings. The maximum atomic E-state index is 14.3. The van der Waals surface area contributed by atoms with Gasteiger partial charge in [-0.2, -0.15) is 18.2 Å². The van der Waals surface area contributed by atoms with Gasteiger partial charge in [-0.15, -0.1) is 0 Å². The van der Waals surface area contributed by atoms with Crippen molar-refractivity contribution < 1.29 is 26.9 Å². The Bertz CT molecular complexity index is 786. The van der Waals surface area contributed by atoms with E-state index in [-0.39, 0.29) is 35.6 Å². The Morgan fingerprint density at radius 1 is 1.40 bits per heavy atom. The molecule has 0 spiro atoms. The van der Waals surface area contributed by atoms with Gasteiger partial charge >= 0.3 is 18.1 Å². The van der Waals surface area contributed by atoms with Gasteiger partial charge in [-0.25, -0.2) is 9.18 Å². The molecule has 10 heteroatoms. The van der Waals surface area contributed by atoms with Crippen LogP contribution in [0.3, 0.4) is 0 Å². The number of urea groups is 1. The molecule has 0 radical (unpaired) electrons. The molecular formula is C15H14F4N4O2. The smallest absolute Gasteiger partial charge is 0.341 e. The highest BCUT2D eigenvalue weighted by Crippen LogP contribution is 2.31. The summed E-state index contributed by atoms with van der Waals surface area (Å²) in [5, 5.41) is 5.72. The van der Waals surface area contributed by atoms with E-state index in [9.17, 15) is 22.4 Å². The van der Waals surface area contributed by atoms with Crippen LogP contribution in [0.25, 0.3) is 11.4 Å². The van der Waals surface area contributed by atoms with E-state index >= 15 is 0 Å². The Kier molecular flexibility index (Phi) is 4.36. The quantitative estimate of drug-likeness (QED) is 0.852. The number of carbonyl (C=O) groups excluding carboxylic acids is 1. The van der Waals surface area contributed by atoms with E-state index in [1.807, 2.05) is 0 Å². The topological polar surface area (TPSA) is 71.3 Å². The number of carbonyl (C=O) groups is 1. The molecule has 1 N–H and O–H groups in total. The highest BCUT2D eigenvalue weighted by Gasteiger charge is 2.38. The van der Waals surface area contributed by atoms with Crippen LogP contribution < -0.4 is 5.32 Å². The number of amides is 2. The Labute approximate surface area is 139 Å². The normalized spacial score (nSPS) is 14.4. The molecule has 1 heterocycles. The second-order valence-corrected chi connectivity index (χ2v) is 5.64. The van der Waals surface area contributed by atoms with Crippen molar-refractivity contribution in [2.75, 3.05) is 7.05 Å². The zero-order chi connectivity index (χ0) is 18.2. The van der Waals surface area contributed by atoms with Crippen molar-refractivity contribution in [2.24, 2.45) is 0 Å². The van der Waals surface area contributed by atoms with Gasteiger partial charge in [-0.05, 0) is 18.9 Å². The van der Waals surface area contributed by atoms with Crippen LogP contribution in [0.2, 0.25) is 0 Å². The van der Waals surface area contributed by atoms with Crippen LogP contribution in [0.1, 0.15) is 24.3 Å². The molecule has 1 fully saturated rings. The first-order valence-corrected chi connectivity index (χ1v) is 7.47. The van der Waals surface area contributed by atoms with Gasteiger partial charge in [-0.3, -0.25) is 0 Å². The lowest BCUT2D eigenvalue weighted by Crippen LogP contribution is -2.39. The lowest BCUT2D eigenvalue weighted by molar-refractivity contribution is -0.159. The van der Waals surface area contributed by atoms with E-state index in [0.717, 1.165) is 18.9 Å². The third-order valence-corrected chi connectivity index (χ3v) is 3.78. The molecule has 2 amide bonds. The van der Waals surface area contributed by atoms with Crippen molar-refractivity contribution in [3.63, 3.8) is 0 Å². The highest BCUT2D eigenvalue weighted by atomic mass is 19.4. The Morgan fingerprint density at radius 2 is 2.12 bits per heavy atom. The van der Waals surface area contributed by atoms with Crippen molar-refractivity contribution >= 4 is 6.03 Å². The summed E-state index contributed by atoms with van der Waals surface area (Å²) in [4.78, 5) is 16.6. The van der Waals surface area contributed by atoms with Gasteiger partial charge in [0.1, 0.15) is 5.82 Å². The second kappa shape index (κ2) is 6.34. The van der Waals surface area contributed by atoms with Crippen molar-refractivity contribution in [2.45, 2.75) is 31.6 Å². The number of nitrogens with zero attached hydrogens (tertiary/aromatic N) is 3. The number of aromatic nitrogens is 2. The van der Waals surface area contributed by atoms with Crippen molar-refractivity contribution in [3.05, 3.63) is 35.5 Å². The molecule has 1 aromatic carbocycles. The fraction of sp³-hybridized carbons (Fsp3) is 0.400. The van der Waals surface area contributed by atoms with E-state index in [2.05, 4.69) is 20.0 Å². The summed E-state index contributed by atoms with van der Waals surface area (Å²) < 4.78 is 55.9. The minimum absolute atomic E-state index is 0.0541. The largest absolute Gasteiger partial charge is 0.471 e. The first-order chi connectivity index (χ1) is 11.8. The minimum Gasteiger partial charge on any atom is -0.341 e. The van der Waals surface area contributed by atoms with Crippen LogP contribution >= 0.6 is 0 Å². The average molecular weight is 358 g/mol. The predicted octanol–water partition coefficient (Wildman–Crippen LogP) is 3.20. The molecule has 1 aromatic heterocycles. The molecule has 25 heavy (non-hydrogen) atoms. The number of rotatable bonds is 4. The number of benzene rings is 1.